The summed E-state index contributed by atoms with van der Waals surface area (Å²) >= 11 is 0. The lowest BCUT2D eigenvalue weighted by molar-refractivity contribution is -0.307. The van der Waals surface area contributed by atoms with Crippen LogP contribution in [0.1, 0.15) is 15.9 Å². The van der Waals surface area contributed by atoms with E-state index in [9.17, 15) is 14.7 Å². The van der Waals surface area contributed by atoms with E-state index in [1.165, 1.54) is 25.3 Å². The van der Waals surface area contributed by atoms with Gasteiger partial charge in [-0.3, -0.25) is 4.79 Å². The molecular formula is C19H15O7-. The van der Waals surface area contributed by atoms with Gasteiger partial charge in [0.25, 0.3) is 0 Å². The molecule has 0 saturated heterocycles. The lowest BCUT2D eigenvalue weighted by atomic mass is 10.1. The molecule has 1 heterocycles. The van der Waals surface area contributed by atoms with Crippen LogP contribution in [0.25, 0.3) is 6.08 Å². The summed E-state index contributed by atoms with van der Waals surface area (Å²) < 4.78 is 20.9. The van der Waals surface area contributed by atoms with Gasteiger partial charge < -0.3 is 28.8 Å². The molecule has 0 aliphatic carbocycles. The molecule has 0 amide bonds. The van der Waals surface area contributed by atoms with E-state index in [2.05, 4.69) is 0 Å². The maximum Gasteiger partial charge on any atom is 0.231 e. The van der Waals surface area contributed by atoms with E-state index < -0.39 is 12.6 Å². The van der Waals surface area contributed by atoms with Crippen molar-refractivity contribution in [3.05, 3.63) is 53.6 Å². The van der Waals surface area contributed by atoms with E-state index in [4.69, 9.17) is 18.9 Å². The Bertz CT molecular complexity index is 853. The molecule has 1 aliphatic rings. The van der Waals surface area contributed by atoms with Crippen molar-refractivity contribution in [3.63, 3.8) is 0 Å². The summed E-state index contributed by atoms with van der Waals surface area (Å²) in [7, 11) is 1.53. The number of carboxylic acid groups (broad SMARTS) is 1. The fourth-order valence-corrected chi connectivity index (χ4v) is 2.37. The zero-order chi connectivity index (χ0) is 18.5. The molecule has 1 aliphatic heterocycles. The highest BCUT2D eigenvalue weighted by Crippen LogP contribution is 2.42. The number of carboxylic acids is 1. The van der Waals surface area contributed by atoms with E-state index in [0.29, 0.717) is 28.6 Å². The molecule has 7 nitrogen and oxygen atoms in total. The number of carbonyl (C=O) groups is 2. The van der Waals surface area contributed by atoms with Crippen LogP contribution in [0.4, 0.5) is 0 Å². The lowest BCUT2D eigenvalue weighted by Gasteiger charge is -2.07. The predicted molar refractivity (Wildman–Crippen MR) is 89.4 cm³/mol. The van der Waals surface area contributed by atoms with Crippen molar-refractivity contribution >= 4 is 17.8 Å². The first-order valence-electron chi connectivity index (χ1n) is 7.69. The molecule has 0 spiro atoms. The Labute approximate surface area is 149 Å². The zero-order valence-corrected chi connectivity index (χ0v) is 13.9. The summed E-state index contributed by atoms with van der Waals surface area (Å²) in [6.07, 6.45) is 3.07. The summed E-state index contributed by atoms with van der Waals surface area (Å²) in [5.74, 6) is 0.450. The Morgan fingerprint density at radius 3 is 2.65 bits per heavy atom. The molecule has 3 rings (SSSR count). The number of ketones is 1. The molecule has 0 atom stereocenters. The fraction of sp³-hybridized carbons (Fsp3) is 0.158. The summed E-state index contributed by atoms with van der Waals surface area (Å²) in [4.78, 5) is 22.6. The molecule has 0 fully saturated rings. The number of aliphatic carboxylic acids is 1. The van der Waals surface area contributed by atoms with Gasteiger partial charge in [0.2, 0.25) is 12.5 Å². The van der Waals surface area contributed by atoms with Crippen LogP contribution in [0.3, 0.4) is 0 Å². The van der Waals surface area contributed by atoms with Crippen molar-refractivity contribution in [2.75, 3.05) is 20.5 Å². The Morgan fingerprint density at radius 2 is 1.96 bits per heavy atom. The second-order valence-corrected chi connectivity index (χ2v) is 5.34. The minimum absolute atomic E-state index is 0.129. The zero-order valence-electron chi connectivity index (χ0n) is 13.9. The third-order valence-corrected chi connectivity index (χ3v) is 3.60. The Kier molecular flexibility index (Phi) is 5.07. The first-order chi connectivity index (χ1) is 12.6. The molecule has 7 heteroatoms. The molecule has 0 N–H and O–H groups in total. The van der Waals surface area contributed by atoms with Gasteiger partial charge in [-0.1, -0.05) is 6.08 Å². The third-order valence-electron chi connectivity index (χ3n) is 3.60. The SMILES string of the molecule is COc1cc(/C=C/C(=O)c2ccc(OCC(=O)[O-])cc2)cc2c1OCO2. The van der Waals surface area contributed by atoms with Crippen LogP contribution in [0.15, 0.2) is 42.5 Å². The molecular weight excluding hydrogens is 340 g/mol. The second-order valence-electron chi connectivity index (χ2n) is 5.34. The van der Waals surface area contributed by atoms with Crippen molar-refractivity contribution in [2.45, 2.75) is 0 Å². The highest BCUT2D eigenvalue weighted by molar-refractivity contribution is 6.06. The Hall–Kier alpha value is -3.48. The first kappa shape index (κ1) is 17.3. The van der Waals surface area contributed by atoms with Crippen LogP contribution in [-0.2, 0) is 4.79 Å². The molecule has 0 unspecified atom stereocenters. The van der Waals surface area contributed by atoms with Gasteiger partial charge in [0, 0.05) is 5.56 Å². The molecule has 134 valence electrons. The van der Waals surface area contributed by atoms with Gasteiger partial charge in [-0.05, 0) is 48.0 Å². The summed E-state index contributed by atoms with van der Waals surface area (Å²) in [5.41, 5.74) is 1.17. The molecule has 26 heavy (non-hydrogen) atoms. The molecule has 0 radical (unpaired) electrons. The summed E-state index contributed by atoms with van der Waals surface area (Å²) in [6.45, 7) is -0.413. The largest absolute Gasteiger partial charge is 0.546 e. The van der Waals surface area contributed by atoms with Gasteiger partial charge in [-0.25, -0.2) is 0 Å². The molecule has 2 aromatic carbocycles. The smallest absolute Gasteiger partial charge is 0.231 e. The van der Waals surface area contributed by atoms with Crippen molar-refractivity contribution < 1.29 is 33.6 Å². The third kappa shape index (κ3) is 3.94. The number of hydrogen-bond donors (Lipinski definition) is 0. The number of benzene rings is 2. The summed E-state index contributed by atoms with van der Waals surface area (Å²) in [6, 6.07) is 9.65. The highest BCUT2D eigenvalue weighted by atomic mass is 16.7. The van der Waals surface area contributed by atoms with Crippen LogP contribution < -0.4 is 24.1 Å². The minimum atomic E-state index is -1.31. The number of ether oxygens (including phenoxy) is 4. The van der Waals surface area contributed by atoms with Gasteiger partial charge in [-0.15, -0.1) is 0 Å². The van der Waals surface area contributed by atoms with Gasteiger partial charge in [-0.2, -0.15) is 0 Å². The predicted octanol–water partition coefficient (Wildman–Crippen LogP) is 1.45. The van der Waals surface area contributed by atoms with E-state index in [0.717, 1.165) is 5.56 Å². The number of hydrogen-bond acceptors (Lipinski definition) is 7. The molecule has 0 bridgehead atoms. The maximum absolute atomic E-state index is 12.3. The topological polar surface area (TPSA) is 94.1 Å². The quantitative estimate of drug-likeness (QED) is 0.548. The highest BCUT2D eigenvalue weighted by Gasteiger charge is 2.19. The molecule has 2 aromatic rings. The molecule has 0 saturated carbocycles. The maximum atomic E-state index is 12.3. The van der Waals surface area contributed by atoms with Crippen LogP contribution >= 0.6 is 0 Å². The van der Waals surface area contributed by atoms with Crippen molar-refractivity contribution in [2.24, 2.45) is 0 Å². The van der Waals surface area contributed by atoms with E-state index in [-0.39, 0.29) is 12.6 Å². The monoisotopic (exact) mass is 355 g/mol. The normalized spacial score (nSPS) is 12.2. The van der Waals surface area contributed by atoms with E-state index in [1.807, 2.05) is 0 Å². The fourth-order valence-electron chi connectivity index (χ4n) is 2.37. The van der Waals surface area contributed by atoms with E-state index >= 15 is 0 Å². The van der Waals surface area contributed by atoms with E-state index in [1.54, 1.807) is 30.3 Å². The molecule has 0 aromatic heterocycles. The standard InChI is InChI=1S/C19H16O7/c1-23-16-8-12(9-17-19(16)26-11-25-17)2-7-15(20)13-3-5-14(6-4-13)24-10-18(21)22/h2-9H,10-11H2,1H3,(H,21,22)/p-1/b7-2+. The Balaban J connectivity index is 1.70. The lowest BCUT2D eigenvalue weighted by Crippen LogP contribution is -2.28. The van der Waals surface area contributed by atoms with Crippen LogP contribution in [0, 0.1) is 0 Å². The average Bonchev–Trinajstić information content (AvgIpc) is 3.12. The van der Waals surface area contributed by atoms with Crippen LogP contribution in [-0.4, -0.2) is 32.3 Å². The van der Waals surface area contributed by atoms with Gasteiger partial charge in [0.05, 0.1) is 13.1 Å². The van der Waals surface area contributed by atoms with Crippen LogP contribution in [0.2, 0.25) is 0 Å². The summed E-state index contributed by atoms with van der Waals surface area (Å²) in [5, 5.41) is 10.4. The van der Waals surface area contributed by atoms with Crippen LogP contribution in [0.5, 0.6) is 23.0 Å². The number of allylic oxidation sites excluding steroid dienone is 1. The van der Waals surface area contributed by atoms with Gasteiger partial charge in [0.15, 0.2) is 17.3 Å². The Morgan fingerprint density at radius 1 is 1.19 bits per heavy atom. The number of rotatable bonds is 7. The first-order valence-corrected chi connectivity index (χ1v) is 7.69. The average molecular weight is 355 g/mol. The number of fused-ring (bicyclic) bond motifs is 1. The van der Waals surface area contributed by atoms with Gasteiger partial charge in [0.1, 0.15) is 12.4 Å². The van der Waals surface area contributed by atoms with Crippen molar-refractivity contribution in [1.82, 2.24) is 0 Å². The minimum Gasteiger partial charge on any atom is -0.546 e. The van der Waals surface area contributed by atoms with Gasteiger partial charge >= 0.3 is 0 Å². The second kappa shape index (κ2) is 7.60. The number of carbonyl (C=O) groups excluding carboxylic acids is 2. The van der Waals surface area contributed by atoms with Crippen molar-refractivity contribution in [1.29, 1.82) is 0 Å². The van der Waals surface area contributed by atoms with Crippen molar-refractivity contribution in [3.8, 4) is 23.0 Å². The number of methoxy groups -OCH3 is 1.